The fourth-order valence-corrected chi connectivity index (χ4v) is 3.74. The van der Waals surface area contributed by atoms with E-state index in [2.05, 4.69) is 0 Å². The Morgan fingerprint density at radius 3 is 2.41 bits per heavy atom. The van der Waals surface area contributed by atoms with Crippen LogP contribution < -0.4 is 0 Å². The van der Waals surface area contributed by atoms with Gasteiger partial charge < -0.3 is 0 Å². The van der Waals surface area contributed by atoms with E-state index >= 15 is 0 Å². The number of Topliss-reactive ketones (excluding diaryl/α,β-unsaturated/α-hetero) is 1. The van der Waals surface area contributed by atoms with Crippen LogP contribution in [-0.2, 0) is 10.8 Å². The van der Waals surface area contributed by atoms with Gasteiger partial charge in [-0.15, -0.1) is 0 Å². The lowest BCUT2D eigenvalue weighted by Crippen LogP contribution is -2.19. The third-order valence-electron chi connectivity index (χ3n) is 3.32. The molecule has 1 aromatic carbocycles. The third kappa shape index (κ3) is 3.25. The van der Waals surface area contributed by atoms with E-state index in [0.717, 1.165) is 31.2 Å². The second-order valence-electron chi connectivity index (χ2n) is 4.72. The molecule has 1 unspecified atom stereocenters. The minimum Gasteiger partial charge on any atom is -0.293 e. The maximum absolute atomic E-state index is 12.0. The topological polar surface area (TPSA) is 34.1 Å². The number of benzene rings is 1. The highest BCUT2D eigenvalue weighted by Crippen LogP contribution is 2.23. The van der Waals surface area contributed by atoms with Crippen molar-refractivity contribution in [3.05, 3.63) is 35.4 Å². The van der Waals surface area contributed by atoms with Gasteiger partial charge in [-0.25, -0.2) is 0 Å². The molecule has 3 heteroatoms. The Morgan fingerprint density at radius 2 is 1.82 bits per heavy atom. The van der Waals surface area contributed by atoms with Crippen molar-refractivity contribution in [3.8, 4) is 0 Å². The molecule has 0 amide bonds. The van der Waals surface area contributed by atoms with Crippen LogP contribution in [0, 0.1) is 6.92 Å². The van der Waals surface area contributed by atoms with Crippen molar-refractivity contribution in [1.29, 1.82) is 0 Å². The highest BCUT2D eigenvalue weighted by Gasteiger charge is 2.23. The molecule has 0 spiro atoms. The van der Waals surface area contributed by atoms with E-state index in [1.165, 1.54) is 0 Å². The van der Waals surface area contributed by atoms with Crippen molar-refractivity contribution in [3.63, 3.8) is 0 Å². The number of hydrogen-bond acceptors (Lipinski definition) is 2. The van der Waals surface area contributed by atoms with Crippen molar-refractivity contribution < 1.29 is 9.00 Å². The molecule has 0 saturated heterocycles. The summed E-state index contributed by atoms with van der Waals surface area (Å²) >= 11 is 0. The second kappa shape index (κ2) is 5.58. The molecule has 1 atom stereocenters. The van der Waals surface area contributed by atoms with Crippen LogP contribution in [0.1, 0.15) is 41.6 Å². The van der Waals surface area contributed by atoms with Crippen molar-refractivity contribution >= 4 is 16.6 Å². The molecule has 2 nitrogen and oxygen atoms in total. The second-order valence-corrected chi connectivity index (χ2v) is 6.44. The lowest BCUT2D eigenvalue weighted by atomic mass is 10.1. The fraction of sp³-hybridized carbons (Fsp3) is 0.500. The molecule has 1 aliphatic carbocycles. The zero-order chi connectivity index (χ0) is 12.3. The first-order chi connectivity index (χ1) is 8.16. The van der Waals surface area contributed by atoms with E-state index in [-0.39, 0.29) is 16.8 Å². The normalized spacial score (nSPS) is 18.2. The minimum atomic E-state index is -0.981. The number of ketones is 1. The molecule has 0 N–H and O–H groups in total. The van der Waals surface area contributed by atoms with E-state index in [1.807, 2.05) is 31.2 Å². The number of aryl methyl sites for hydroxylation is 1. The molecule has 1 saturated carbocycles. The summed E-state index contributed by atoms with van der Waals surface area (Å²) in [4.78, 5) is 11.9. The Bertz CT molecular complexity index is 416. The highest BCUT2D eigenvalue weighted by molar-refractivity contribution is 7.86. The molecule has 1 aromatic rings. The van der Waals surface area contributed by atoms with Gasteiger partial charge in [0.15, 0.2) is 5.78 Å². The van der Waals surface area contributed by atoms with Gasteiger partial charge >= 0.3 is 0 Å². The van der Waals surface area contributed by atoms with Crippen LogP contribution in [0.5, 0.6) is 0 Å². The fourth-order valence-electron chi connectivity index (χ4n) is 2.22. The molecular weight excluding hydrogens is 232 g/mol. The van der Waals surface area contributed by atoms with Gasteiger partial charge in [0.05, 0.1) is 5.75 Å². The van der Waals surface area contributed by atoms with Crippen molar-refractivity contribution in [1.82, 2.24) is 0 Å². The molecule has 92 valence electrons. The van der Waals surface area contributed by atoms with Crippen molar-refractivity contribution in [2.75, 3.05) is 5.75 Å². The van der Waals surface area contributed by atoms with Crippen molar-refractivity contribution in [2.24, 2.45) is 0 Å². The van der Waals surface area contributed by atoms with Gasteiger partial charge in [0.2, 0.25) is 0 Å². The maximum atomic E-state index is 12.0. The number of rotatable bonds is 4. The van der Waals surface area contributed by atoms with Crippen LogP contribution >= 0.6 is 0 Å². The van der Waals surface area contributed by atoms with Gasteiger partial charge in [0.1, 0.15) is 0 Å². The van der Waals surface area contributed by atoms with E-state index in [1.54, 1.807) is 0 Å². The van der Waals surface area contributed by atoms with Gasteiger partial charge in [-0.1, -0.05) is 42.7 Å². The Kier molecular flexibility index (Phi) is 4.11. The van der Waals surface area contributed by atoms with Gasteiger partial charge in [0.25, 0.3) is 0 Å². The number of carbonyl (C=O) groups is 1. The highest BCUT2D eigenvalue weighted by atomic mass is 32.2. The summed E-state index contributed by atoms with van der Waals surface area (Å²) in [6.45, 7) is 1.99. The predicted molar refractivity (Wildman–Crippen MR) is 70.8 cm³/mol. The van der Waals surface area contributed by atoms with Gasteiger partial charge in [-0.3, -0.25) is 9.00 Å². The van der Waals surface area contributed by atoms with Crippen molar-refractivity contribution in [2.45, 2.75) is 37.9 Å². The molecular formula is C14H18O2S. The average molecular weight is 250 g/mol. The number of carbonyl (C=O) groups excluding carboxylic acids is 1. The number of hydrogen-bond donors (Lipinski definition) is 0. The van der Waals surface area contributed by atoms with E-state index in [0.29, 0.717) is 5.56 Å². The predicted octanol–water partition coefficient (Wildman–Crippen LogP) is 2.87. The van der Waals surface area contributed by atoms with Crippen LogP contribution in [-0.4, -0.2) is 21.0 Å². The van der Waals surface area contributed by atoms with Gasteiger partial charge in [-0.05, 0) is 19.8 Å². The molecule has 17 heavy (non-hydrogen) atoms. The summed E-state index contributed by atoms with van der Waals surface area (Å²) in [6.07, 6.45) is 4.37. The molecule has 0 heterocycles. The molecule has 1 aliphatic rings. The molecule has 0 aliphatic heterocycles. The van der Waals surface area contributed by atoms with Gasteiger partial charge in [0, 0.05) is 21.6 Å². The van der Waals surface area contributed by atoms with Crippen LogP contribution in [0.2, 0.25) is 0 Å². The molecule has 0 aromatic heterocycles. The Morgan fingerprint density at radius 1 is 1.24 bits per heavy atom. The summed E-state index contributed by atoms with van der Waals surface area (Å²) < 4.78 is 12.0. The largest absolute Gasteiger partial charge is 0.293 e. The van der Waals surface area contributed by atoms with Crippen LogP contribution in [0.4, 0.5) is 0 Å². The zero-order valence-electron chi connectivity index (χ0n) is 10.1. The summed E-state index contributed by atoms with van der Waals surface area (Å²) in [5, 5.41) is 0.254. The lowest BCUT2D eigenvalue weighted by molar-refractivity contribution is 0.102. The average Bonchev–Trinajstić information content (AvgIpc) is 2.83. The van der Waals surface area contributed by atoms with Crippen LogP contribution in [0.15, 0.2) is 24.3 Å². The molecule has 0 bridgehead atoms. The molecule has 2 rings (SSSR count). The first-order valence-corrected chi connectivity index (χ1v) is 7.52. The Hall–Kier alpha value is -0.960. The quantitative estimate of drug-likeness (QED) is 0.770. The summed E-state index contributed by atoms with van der Waals surface area (Å²) in [5.74, 6) is 0.198. The standard InChI is InChI=1S/C14H18O2S/c1-11-6-8-12(9-7-11)14(15)10-17(16)13-4-2-3-5-13/h6-9,13H,2-5,10H2,1H3. The smallest absolute Gasteiger partial charge is 0.175 e. The SMILES string of the molecule is Cc1ccc(C(=O)CS(=O)C2CCCC2)cc1. The van der Waals surface area contributed by atoms with Crippen LogP contribution in [0.25, 0.3) is 0 Å². The minimum absolute atomic E-state index is 0.00948. The summed E-state index contributed by atoms with van der Waals surface area (Å²) in [7, 11) is -0.981. The molecule has 1 fully saturated rings. The van der Waals surface area contributed by atoms with E-state index in [4.69, 9.17) is 0 Å². The first kappa shape index (κ1) is 12.5. The van der Waals surface area contributed by atoms with Crippen LogP contribution in [0.3, 0.4) is 0 Å². The summed E-state index contributed by atoms with van der Waals surface area (Å²) in [6, 6.07) is 7.49. The monoisotopic (exact) mass is 250 g/mol. The zero-order valence-corrected chi connectivity index (χ0v) is 11.0. The third-order valence-corrected chi connectivity index (χ3v) is 5.08. The Labute approximate surface area is 105 Å². The lowest BCUT2D eigenvalue weighted by Gasteiger charge is -2.08. The Balaban J connectivity index is 1.96. The molecule has 0 radical (unpaired) electrons. The summed E-state index contributed by atoms with van der Waals surface area (Å²) in [5.41, 5.74) is 1.82. The maximum Gasteiger partial charge on any atom is 0.175 e. The van der Waals surface area contributed by atoms with E-state index in [9.17, 15) is 9.00 Å². The van der Waals surface area contributed by atoms with E-state index < -0.39 is 10.8 Å². The van der Waals surface area contributed by atoms with Gasteiger partial charge in [-0.2, -0.15) is 0 Å². The first-order valence-electron chi connectivity index (χ1n) is 6.14.